The third kappa shape index (κ3) is 4.10. The molecule has 5 rings (SSSR count). The van der Waals surface area contributed by atoms with Crippen molar-refractivity contribution < 1.29 is 13.9 Å². The van der Waals surface area contributed by atoms with E-state index in [1.807, 2.05) is 25.2 Å². The molecule has 1 aromatic heterocycles. The minimum absolute atomic E-state index is 0.134. The molecule has 1 N–H and O–H groups in total. The van der Waals surface area contributed by atoms with Gasteiger partial charge in [0, 0.05) is 43.0 Å². The largest absolute Gasteiger partial charge is 0.491 e. The molecule has 0 amide bonds. The Morgan fingerprint density at radius 3 is 2.84 bits per heavy atom. The van der Waals surface area contributed by atoms with E-state index in [0.29, 0.717) is 23.8 Å². The van der Waals surface area contributed by atoms with Crippen molar-refractivity contribution in [1.29, 1.82) is 0 Å². The van der Waals surface area contributed by atoms with Crippen LogP contribution in [0.5, 0.6) is 5.75 Å². The highest BCUT2D eigenvalue weighted by Crippen LogP contribution is 2.25. The van der Waals surface area contributed by atoms with Gasteiger partial charge in [-0.2, -0.15) is 0 Å². The highest BCUT2D eigenvalue weighted by Gasteiger charge is 2.22. The molecule has 0 spiro atoms. The molecule has 32 heavy (non-hydrogen) atoms. The second kappa shape index (κ2) is 8.92. The molecular formula is C25H28FN3O3. The van der Waals surface area contributed by atoms with E-state index in [9.17, 15) is 4.79 Å². The molecule has 0 bridgehead atoms. The van der Waals surface area contributed by atoms with Crippen LogP contribution in [0, 0.1) is 5.82 Å². The highest BCUT2D eigenvalue weighted by molar-refractivity contribution is 5.83. The molecule has 2 fully saturated rings. The van der Waals surface area contributed by atoms with Gasteiger partial charge in [0.25, 0.3) is 5.56 Å². The average Bonchev–Trinajstić information content (AvgIpc) is 3.50. The summed E-state index contributed by atoms with van der Waals surface area (Å²) >= 11 is 0. The Bertz CT molecular complexity index is 1170. The predicted octanol–water partition coefficient (Wildman–Crippen LogP) is 3.49. The molecule has 168 valence electrons. The van der Waals surface area contributed by atoms with Gasteiger partial charge in [-0.15, -0.1) is 0 Å². The summed E-state index contributed by atoms with van der Waals surface area (Å²) in [6, 6.07) is 12.7. The summed E-state index contributed by atoms with van der Waals surface area (Å²) in [4.78, 5) is 15.3. The monoisotopic (exact) mass is 437 g/mol. The van der Waals surface area contributed by atoms with Crippen LogP contribution in [0.3, 0.4) is 0 Å². The van der Waals surface area contributed by atoms with Crippen molar-refractivity contribution in [3.63, 3.8) is 0 Å². The molecule has 1 unspecified atom stereocenters. The lowest BCUT2D eigenvalue weighted by molar-refractivity contribution is 0.0680. The van der Waals surface area contributed by atoms with Crippen LogP contribution >= 0.6 is 0 Å². The van der Waals surface area contributed by atoms with Gasteiger partial charge in [-0.05, 0) is 74.2 Å². The lowest BCUT2D eigenvalue weighted by Gasteiger charge is -2.19. The van der Waals surface area contributed by atoms with Crippen LogP contribution in [-0.4, -0.2) is 50.1 Å². The fourth-order valence-electron chi connectivity index (χ4n) is 4.59. The zero-order valence-electron chi connectivity index (χ0n) is 18.2. The van der Waals surface area contributed by atoms with E-state index in [1.54, 1.807) is 24.4 Å². The number of hydrogen-bond acceptors (Lipinski definition) is 5. The lowest BCUT2D eigenvalue weighted by atomic mass is 10.1. The van der Waals surface area contributed by atoms with Crippen LogP contribution in [-0.2, 0) is 4.74 Å². The molecule has 7 heteroatoms. The summed E-state index contributed by atoms with van der Waals surface area (Å²) < 4.78 is 27.8. The molecule has 0 radical (unpaired) electrons. The summed E-state index contributed by atoms with van der Waals surface area (Å²) in [5, 5.41) is 4.56. The first-order valence-electron chi connectivity index (χ1n) is 11.2. The number of nitrogens with zero attached hydrogens (tertiary/aromatic N) is 2. The van der Waals surface area contributed by atoms with Gasteiger partial charge in [0.15, 0.2) is 0 Å². The van der Waals surface area contributed by atoms with Crippen molar-refractivity contribution in [3.8, 4) is 11.4 Å². The number of aromatic nitrogens is 1. The van der Waals surface area contributed by atoms with E-state index in [2.05, 4.69) is 10.2 Å². The van der Waals surface area contributed by atoms with E-state index < -0.39 is 5.82 Å². The Morgan fingerprint density at radius 1 is 1.19 bits per heavy atom. The predicted molar refractivity (Wildman–Crippen MR) is 124 cm³/mol. The number of likely N-dealkylation sites (N-methyl/N-ethyl adjacent to an activating group) is 1. The van der Waals surface area contributed by atoms with E-state index in [-0.39, 0.29) is 17.4 Å². The fourth-order valence-corrected chi connectivity index (χ4v) is 4.59. The summed E-state index contributed by atoms with van der Waals surface area (Å²) in [5.74, 6) is 0.291. The number of halogens is 1. The maximum absolute atomic E-state index is 15.0. The average molecular weight is 438 g/mol. The van der Waals surface area contributed by atoms with Crippen molar-refractivity contribution in [2.45, 2.75) is 31.4 Å². The fraction of sp³-hybridized carbons (Fsp3) is 0.400. The molecule has 0 aliphatic carbocycles. The summed E-state index contributed by atoms with van der Waals surface area (Å²) in [5.41, 5.74) is 0.839. The number of pyridine rings is 1. The zero-order valence-corrected chi connectivity index (χ0v) is 18.2. The Labute approximate surface area is 186 Å². The van der Waals surface area contributed by atoms with Gasteiger partial charge >= 0.3 is 0 Å². The number of rotatable bonds is 6. The number of anilines is 1. The van der Waals surface area contributed by atoms with Crippen molar-refractivity contribution in [2.24, 2.45) is 0 Å². The highest BCUT2D eigenvalue weighted by atomic mass is 19.1. The van der Waals surface area contributed by atoms with Gasteiger partial charge in [-0.25, -0.2) is 4.39 Å². The maximum atomic E-state index is 15.0. The first-order valence-corrected chi connectivity index (χ1v) is 11.2. The Hall–Kier alpha value is -2.90. The second-order valence-electron chi connectivity index (χ2n) is 8.54. The topological polar surface area (TPSA) is 55.7 Å². The summed E-state index contributed by atoms with van der Waals surface area (Å²) in [6.45, 7) is 3.03. The minimum Gasteiger partial charge on any atom is -0.491 e. The summed E-state index contributed by atoms with van der Waals surface area (Å²) in [6.07, 6.45) is 4.87. The minimum atomic E-state index is -0.409. The number of fused-ring (bicyclic) bond motifs is 1. The molecule has 2 aliphatic heterocycles. The molecule has 2 saturated heterocycles. The maximum Gasteiger partial charge on any atom is 0.263 e. The molecule has 2 aliphatic rings. The van der Waals surface area contributed by atoms with Crippen molar-refractivity contribution in [2.75, 3.05) is 38.3 Å². The molecule has 2 atom stereocenters. The van der Waals surface area contributed by atoms with Gasteiger partial charge < -0.3 is 19.7 Å². The number of nitrogens with one attached hydrogen (secondary N) is 1. The van der Waals surface area contributed by atoms with Gasteiger partial charge in [-0.3, -0.25) is 9.36 Å². The Kier molecular flexibility index (Phi) is 5.85. The first-order chi connectivity index (χ1) is 15.6. The quantitative estimate of drug-likeness (QED) is 0.640. The van der Waals surface area contributed by atoms with Crippen LogP contribution in [0.25, 0.3) is 16.5 Å². The Morgan fingerprint density at radius 2 is 2.09 bits per heavy atom. The summed E-state index contributed by atoms with van der Waals surface area (Å²) in [7, 11) is 1.95. The van der Waals surface area contributed by atoms with Crippen molar-refractivity contribution >= 4 is 16.5 Å². The number of hydrogen-bond donors (Lipinski definition) is 1. The molecule has 0 saturated carbocycles. The smallest absolute Gasteiger partial charge is 0.263 e. The van der Waals surface area contributed by atoms with Crippen LogP contribution in [0.15, 0.2) is 53.5 Å². The normalized spacial score (nSPS) is 20.9. The van der Waals surface area contributed by atoms with Crippen molar-refractivity contribution in [3.05, 3.63) is 64.8 Å². The van der Waals surface area contributed by atoms with Gasteiger partial charge in [0.1, 0.15) is 18.2 Å². The van der Waals surface area contributed by atoms with E-state index in [0.717, 1.165) is 50.0 Å². The van der Waals surface area contributed by atoms with Crippen LogP contribution in [0.4, 0.5) is 10.1 Å². The molecule has 2 aromatic carbocycles. The second-order valence-corrected chi connectivity index (χ2v) is 8.54. The molecular weight excluding hydrogens is 409 g/mol. The number of benzene rings is 2. The van der Waals surface area contributed by atoms with E-state index >= 15 is 4.39 Å². The van der Waals surface area contributed by atoms with Gasteiger partial charge in [0.05, 0.1) is 11.8 Å². The molecule has 3 aromatic rings. The third-order valence-electron chi connectivity index (χ3n) is 6.49. The molecule has 6 nitrogen and oxygen atoms in total. The van der Waals surface area contributed by atoms with Gasteiger partial charge in [-0.1, -0.05) is 0 Å². The van der Waals surface area contributed by atoms with Crippen LogP contribution in [0.2, 0.25) is 0 Å². The SMILES string of the molecule is CNC1CCN(c2ccc(-n3ccc4cc(OC[C@@H]5CCCO5)ccc4c3=O)c(F)c2)C1. The van der Waals surface area contributed by atoms with Crippen LogP contribution in [0.1, 0.15) is 19.3 Å². The lowest BCUT2D eigenvalue weighted by Crippen LogP contribution is -2.29. The number of ether oxygens (including phenoxy) is 2. The van der Waals surface area contributed by atoms with Crippen molar-refractivity contribution in [1.82, 2.24) is 9.88 Å². The van der Waals surface area contributed by atoms with E-state index in [4.69, 9.17) is 9.47 Å². The standard InChI is InChI=1S/C25H28FN3O3/c1-27-18-9-10-28(15-18)19-4-7-24(23(26)14-19)29-11-8-17-13-20(5-6-22(17)25(29)30)32-16-21-3-2-12-31-21/h4-8,11,13-14,18,21,27H,2-3,9-10,12,15-16H2,1H3/t18?,21-/m0/s1. The van der Waals surface area contributed by atoms with Crippen LogP contribution < -0.4 is 20.5 Å². The first kappa shape index (κ1) is 21.0. The van der Waals surface area contributed by atoms with Gasteiger partial charge in [0.2, 0.25) is 0 Å². The zero-order chi connectivity index (χ0) is 22.1. The van der Waals surface area contributed by atoms with E-state index in [1.165, 1.54) is 10.6 Å². The third-order valence-corrected chi connectivity index (χ3v) is 6.49. The Balaban J connectivity index is 1.38. The molecule has 3 heterocycles.